The molecule has 3 heterocycles. The molecule has 1 N–H and O–H groups in total. The average Bonchev–Trinajstić information content (AvgIpc) is 3.53. The van der Waals surface area contributed by atoms with Gasteiger partial charge in [0.2, 0.25) is 0 Å². The summed E-state index contributed by atoms with van der Waals surface area (Å²) in [5.41, 5.74) is 0.393. The van der Waals surface area contributed by atoms with Crippen LogP contribution in [0.3, 0.4) is 0 Å². The maximum atomic E-state index is 13.5. The number of carbonyl (C=O) groups is 3. The van der Waals surface area contributed by atoms with Gasteiger partial charge in [0.1, 0.15) is 0 Å². The van der Waals surface area contributed by atoms with Crippen LogP contribution in [0.15, 0.2) is 47.5 Å². The molecule has 0 aliphatic carbocycles. The van der Waals surface area contributed by atoms with E-state index in [1.165, 1.54) is 27.9 Å². The zero-order valence-corrected chi connectivity index (χ0v) is 20.5. The number of imide groups is 1. The molecule has 0 spiro atoms. The van der Waals surface area contributed by atoms with Gasteiger partial charge in [-0.2, -0.15) is 18.3 Å². The molecule has 0 bridgehead atoms. The second kappa shape index (κ2) is 9.42. The van der Waals surface area contributed by atoms with Crippen molar-refractivity contribution in [2.75, 3.05) is 13.1 Å². The molecule has 1 aromatic heterocycles. The molecule has 192 valence electrons. The van der Waals surface area contributed by atoms with Crippen molar-refractivity contribution in [3.63, 3.8) is 0 Å². The molecule has 1 atom stereocenters. The fourth-order valence-electron chi connectivity index (χ4n) is 4.51. The van der Waals surface area contributed by atoms with Crippen LogP contribution in [-0.4, -0.2) is 61.1 Å². The molecule has 37 heavy (non-hydrogen) atoms. The molecule has 3 aromatic rings. The van der Waals surface area contributed by atoms with E-state index in [9.17, 15) is 27.6 Å². The van der Waals surface area contributed by atoms with Crippen molar-refractivity contribution in [3.8, 4) is 0 Å². The molecular weight excluding hydrogens is 533 g/mol. The number of aromatic nitrogens is 2. The van der Waals surface area contributed by atoms with Gasteiger partial charge in [0, 0.05) is 23.5 Å². The van der Waals surface area contributed by atoms with E-state index < -0.39 is 35.0 Å². The maximum absolute atomic E-state index is 13.5. The molecule has 2 aromatic carbocycles. The third-order valence-corrected chi connectivity index (χ3v) is 7.40. The van der Waals surface area contributed by atoms with Crippen LogP contribution in [0, 0.1) is 0 Å². The van der Waals surface area contributed by atoms with Gasteiger partial charge in [0.25, 0.3) is 11.1 Å². The van der Waals surface area contributed by atoms with Crippen LogP contribution < -0.4 is 0 Å². The topological polar surface area (TPSA) is 95.7 Å². The Morgan fingerprint density at radius 1 is 1.22 bits per heavy atom. The van der Waals surface area contributed by atoms with Crippen LogP contribution in [0.4, 0.5) is 22.8 Å². The minimum absolute atomic E-state index is 0.0115. The molecule has 3 amide bonds. The first kappa shape index (κ1) is 25.2. The Labute approximate surface area is 217 Å². The van der Waals surface area contributed by atoms with Crippen molar-refractivity contribution in [1.29, 1.82) is 0 Å². The van der Waals surface area contributed by atoms with Crippen molar-refractivity contribution >= 4 is 57.6 Å². The number of amides is 3. The molecule has 0 unspecified atom stereocenters. The van der Waals surface area contributed by atoms with Crippen molar-refractivity contribution in [1.82, 2.24) is 19.6 Å². The lowest BCUT2D eigenvalue weighted by molar-refractivity contribution is -0.138. The van der Waals surface area contributed by atoms with E-state index in [0.29, 0.717) is 22.9 Å². The van der Waals surface area contributed by atoms with Gasteiger partial charge in [0.05, 0.1) is 34.8 Å². The fraction of sp³-hybridized carbons (Fsp3) is 0.250. The number of alkyl halides is 3. The third kappa shape index (κ3) is 4.90. The van der Waals surface area contributed by atoms with Crippen LogP contribution >= 0.6 is 23.4 Å². The molecule has 2 aliphatic rings. The summed E-state index contributed by atoms with van der Waals surface area (Å²) in [6.45, 7) is 0.208. The average molecular weight is 551 g/mol. The predicted octanol–water partition coefficient (Wildman–Crippen LogP) is 5.55. The summed E-state index contributed by atoms with van der Waals surface area (Å²) in [4.78, 5) is 39.1. The number of thioether (sulfide) groups is 1. The molecule has 0 saturated carbocycles. The zero-order valence-electron chi connectivity index (χ0n) is 18.9. The summed E-state index contributed by atoms with van der Waals surface area (Å²) < 4.78 is 41.9. The minimum Gasteiger partial charge on any atom is -0.465 e. The summed E-state index contributed by atoms with van der Waals surface area (Å²) in [6.07, 6.45) is -2.20. The normalized spacial score (nSPS) is 19.6. The van der Waals surface area contributed by atoms with Gasteiger partial charge in [0.15, 0.2) is 0 Å². The largest absolute Gasteiger partial charge is 0.465 e. The molecule has 8 nitrogen and oxygen atoms in total. The highest BCUT2D eigenvalue weighted by molar-refractivity contribution is 8.18. The molecule has 0 radical (unpaired) electrons. The highest BCUT2D eigenvalue weighted by Gasteiger charge is 2.43. The number of hydrogen-bond donors (Lipinski definition) is 1. The SMILES string of the molecule is O=C(O)N1CC[C@H](N2C(=O)S/C(=C\c3ccc4c(cnn4Cc4ccc(Cl)cc4C(F)(F)F)c3)C2=O)C1. The lowest BCUT2D eigenvalue weighted by Crippen LogP contribution is -2.41. The lowest BCUT2D eigenvalue weighted by Gasteiger charge is -2.20. The summed E-state index contributed by atoms with van der Waals surface area (Å²) >= 11 is 6.55. The number of carboxylic acid groups (broad SMARTS) is 1. The Kier molecular flexibility index (Phi) is 6.40. The van der Waals surface area contributed by atoms with Gasteiger partial charge >= 0.3 is 12.3 Å². The van der Waals surface area contributed by atoms with Gasteiger partial charge in [-0.25, -0.2) is 4.79 Å². The van der Waals surface area contributed by atoms with E-state index in [2.05, 4.69) is 5.10 Å². The van der Waals surface area contributed by atoms with Crippen molar-refractivity contribution in [2.45, 2.75) is 25.2 Å². The predicted molar refractivity (Wildman–Crippen MR) is 131 cm³/mol. The van der Waals surface area contributed by atoms with E-state index in [0.717, 1.165) is 22.7 Å². The van der Waals surface area contributed by atoms with E-state index in [4.69, 9.17) is 16.7 Å². The first-order chi connectivity index (χ1) is 17.5. The molecule has 2 fully saturated rings. The van der Waals surface area contributed by atoms with E-state index in [1.54, 1.807) is 24.3 Å². The molecular formula is C24H18ClF3N4O4S. The van der Waals surface area contributed by atoms with Gasteiger partial charge in [-0.1, -0.05) is 23.7 Å². The van der Waals surface area contributed by atoms with E-state index in [1.807, 2.05) is 0 Å². The standard InChI is InChI=1S/C24H18ClF3N4O4S/c25-16-3-2-14(18(9-16)24(26,27)28)11-31-19-4-1-13(7-15(19)10-29-31)8-20-21(33)32(23(36)37-20)17-5-6-30(12-17)22(34)35/h1-4,7-10,17H,5-6,11-12H2,(H,34,35)/b20-8-/t17-/m0/s1. The number of halogens is 4. The first-order valence-electron chi connectivity index (χ1n) is 11.1. The second-order valence-corrected chi connectivity index (χ2v) is 10.1. The highest BCUT2D eigenvalue weighted by atomic mass is 35.5. The lowest BCUT2D eigenvalue weighted by atomic mass is 10.1. The molecule has 13 heteroatoms. The summed E-state index contributed by atoms with van der Waals surface area (Å²) in [5.74, 6) is -0.481. The zero-order chi connectivity index (χ0) is 26.5. The maximum Gasteiger partial charge on any atom is 0.416 e. The summed E-state index contributed by atoms with van der Waals surface area (Å²) in [7, 11) is 0. The number of nitrogens with zero attached hydrogens (tertiary/aromatic N) is 4. The second-order valence-electron chi connectivity index (χ2n) is 8.64. The van der Waals surface area contributed by atoms with Crippen molar-refractivity contribution < 1.29 is 32.7 Å². The van der Waals surface area contributed by atoms with Crippen LogP contribution in [0.1, 0.15) is 23.1 Å². The Hall–Kier alpha value is -3.51. The molecule has 5 rings (SSSR count). The quantitative estimate of drug-likeness (QED) is 0.428. The van der Waals surface area contributed by atoms with Crippen molar-refractivity contribution in [2.24, 2.45) is 0 Å². The van der Waals surface area contributed by atoms with E-state index >= 15 is 0 Å². The van der Waals surface area contributed by atoms with Crippen LogP contribution in [0.2, 0.25) is 5.02 Å². The number of fused-ring (bicyclic) bond motifs is 1. The Balaban J connectivity index is 1.37. The third-order valence-electron chi connectivity index (χ3n) is 6.28. The number of hydrogen-bond acceptors (Lipinski definition) is 5. The van der Waals surface area contributed by atoms with Gasteiger partial charge < -0.3 is 10.0 Å². The van der Waals surface area contributed by atoms with Gasteiger partial charge in [-0.3, -0.25) is 19.2 Å². The smallest absolute Gasteiger partial charge is 0.416 e. The number of likely N-dealkylation sites (tertiary alicyclic amines) is 1. The monoisotopic (exact) mass is 550 g/mol. The Bertz CT molecular complexity index is 1470. The number of carbonyl (C=O) groups excluding carboxylic acids is 2. The minimum atomic E-state index is -4.57. The first-order valence-corrected chi connectivity index (χ1v) is 12.3. The Morgan fingerprint density at radius 3 is 2.70 bits per heavy atom. The van der Waals surface area contributed by atoms with Crippen LogP contribution in [0.5, 0.6) is 0 Å². The van der Waals surface area contributed by atoms with Crippen molar-refractivity contribution in [3.05, 3.63) is 69.2 Å². The fourth-order valence-corrected chi connectivity index (χ4v) is 5.58. The molecule has 2 saturated heterocycles. The van der Waals surface area contributed by atoms with Crippen LogP contribution in [-0.2, 0) is 17.5 Å². The van der Waals surface area contributed by atoms with Crippen LogP contribution in [0.25, 0.3) is 17.0 Å². The van der Waals surface area contributed by atoms with Gasteiger partial charge in [-0.15, -0.1) is 0 Å². The number of rotatable bonds is 4. The van der Waals surface area contributed by atoms with E-state index in [-0.39, 0.29) is 35.1 Å². The highest BCUT2D eigenvalue weighted by Crippen LogP contribution is 2.37. The van der Waals surface area contributed by atoms with Gasteiger partial charge in [-0.05, 0) is 59.7 Å². The summed E-state index contributed by atoms with van der Waals surface area (Å²) in [6, 6.07) is 8.19. The Morgan fingerprint density at radius 2 is 2.00 bits per heavy atom. The molecule has 2 aliphatic heterocycles. The summed E-state index contributed by atoms with van der Waals surface area (Å²) in [5, 5.41) is 13.6. The number of benzene rings is 2.